The molecule has 0 aliphatic heterocycles. The molecule has 0 aliphatic carbocycles. The molecule has 1 aromatic carbocycles. The van der Waals surface area contributed by atoms with Crippen molar-refractivity contribution in [3.63, 3.8) is 0 Å². The molecule has 0 fully saturated rings. The maximum atomic E-state index is 12.1. The van der Waals surface area contributed by atoms with Crippen molar-refractivity contribution in [1.29, 1.82) is 5.26 Å². The average molecular weight is 263 g/mol. The van der Waals surface area contributed by atoms with Crippen LogP contribution in [0.1, 0.15) is 12.0 Å². The van der Waals surface area contributed by atoms with Crippen molar-refractivity contribution in [2.45, 2.75) is 26.1 Å². The van der Waals surface area contributed by atoms with Crippen LogP contribution in [-0.4, -0.2) is 13.2 Å². The van der Waals surface area contributed by atoms with E-state index in [2.05, 4.69) is 9.47 Å². The van der Waals surface area contributed by atoms with Gasteiger partial charge in [-0.2, -0.15) is 22.8 Å². The molecule has 0 spiro atoms. The molecule has 0 saturated heterocycles. The summed E-state index contributed by atoms with van der Waals surface area (Å²) in [7, 11) is 0. The van der Waals surface area contributed by atoms with Crippen molar-refractivity contribution in [1.82, 2.24) is 0 Å². The van der Waals surface area contributed by atoms with E-state index < -0.39 is 13.2 Å². The van der Waals surface area contributed by atoms with Crippen LogP contribution >= 0.6 is 0 Å². The summed E-state index contributed by atoms with van der Waals surface area (Å²) in [6.07, 6.45) is -0.0370. The van der Waals surface area contributed by atoms with Crippen molar-refractivity contribution in [3.05, 3.63) is 23.8 Å². The summed E-state index contributed by atoms with van der Waals surface area (Å²) in [4.78, 5) is 0. The highest BCUT2D eigenvalue weighted by Gasteiger charge is 2.16. The molecular weight excluding hydrogens is 254 g/mol. The Morgan fingerprint density at radius 1 is 1.06 bits per heavy atom. The normalized spacial score (nSPS) is 10.5. The molecule has 1 rings (SSSR count). The highest BCUT2D eigenvalue weighted by Crippen LogP contribution is 2.31. The Morgan fingerprint density at radius 2 is 1.56 bits per heavy atom. The third-order valence-corrected chi connectivity index (χ3v) is 2.01. The van der Waals surface area contributed by atoms with Gasteiger partial charge < -0.3 is 9.47 Å². The summed E-state index contributed by atoms with van der Waals surface area (Å²) in [5, 5.41) is 8.45. The summed E-state index contributed by atoms with van der Waals surface area (Å²) < 4.78 is 57.0. The van der Waals surface area contributed by atoms with E-state index in [1.54, 1.807) is 6.07 Å². The van der Waals surface area contributed by atoms with Crippen molar-refractivity contribution in [2.24, 2.45) is 0 Å². The number of alkyl halides is 4. The molecule has 0 unspecified atom stereocenters. The number of hydrogen-bond acceptors (Lipinski definition) is 3. The van der Waals surface area contributed by atoms with Gasteiger partial charge in [0, 0.05) is 12.0 Å². The van der Waals surface area contributed by atoms with Gasteiger partial charge in [-0.25, -0.2) is 0 Å². The first kappa shape index (κ1) is 14.1. The van der Waals surface area contributed by atoms with E-state index in [0.717, 1.165) is 0 Å². The van der Waals surface area contributed by atoms with Crippen LogP contribution in [0.3, 0.4) is 0 Å². The predicted molar refractivity (Wildman–Crippen MR) is 53.6 cm³/mol. The van der Waals surface area contributed by atoms with E-state index in [0.29, 0.717) is 0 Å². The minimum Gasteiger partial charge on any atom is -0.434 e. The first-order valence-corrected chi connectivity index (χ1v) is 4.93. The molecule has 0 aromatic heterocycles. The Labute approximate surface area is 101 Å². The number of nitriles is 1. The number of ether oxygens (including phenoxy) is 2. The van der Waals surface area contributed by atoms with Crippen LogP contribution in [0.15, 0.2) is 18.2 Å². The van der Waals surface area contributed by atoms with Crippen LogP contribution in [0.4, 0.5) is 17.6 Å². The molecule has 0 atom stereocenters. The van der Waals surface area contributed by atoms with Crippen LogP contribution in [0.2, 0.25) is 0 Å². The van der Waals surface area contributed by atoms with E-state index in [1.807, 2.05) is 0 Å². The summed E-state index contributed by atoms with van der Waals surface area (Å²) in [6, 6.07) is 5.46. The molecular formula is C11H9F4NO2. The Hall–Kier alpha value is -1.97. The van der Waals surface area contributed by atoms with Crippen molar-refractivity contribution in [3.8, 4) is 17.6 Å². The predicted octanol–water partition coefficient (Wildman–Crippen LogP) is 3.35. The largest absolute Gasteiger partial charge is 0.434 e. The fourth-order valence-electron chi connectivity index (χ4n) is 1.39. The van der Waals surface area contributed by atoms with Gasteiger partial charge in [0.25, 0.3) is 0 Å². The molecule has 1 aromatic rings. The quantitative estimate of drug-likeness (QED) is 0.739. The number of nitrogens with zero attached hydrogens (tertiary/aromatic N) is 1. The van der Waals surface area contributed by atoms with Gasteiger partial charge in [0.15, 0.2) is 0 Å². The van der Waals surface area contributed by atoms with Gasteiger partial charge in [0.1, 0.15) is 11.5 Å². The highest BCUT2D eigenvalue weighted by molar-refractivity contribution is 5.45. The zero-order chi connectivity index (χ0) is 13.5. The first-order valence-electron chi connectivity index (χ1n) is 4.93. The van der Waals surface area contributed by atoms with Crippen LogP contribution in [0.25, 0.3) is 0 Å². The van der Waals surface area contributed by atoms with Crippen molar-refractivity contribution >= 4 is 0 Å². The van der Waals surface area contributed by atoms with E-state index in [-0.39, 0.29) is 29.9 Å². The summed E-state index contributed by atoms with van der Waals surface area (Å²) in [5.74, 6) is -0.531. The molecule has 7 heteroatoms. The van der Waals surface area contributed by atoms with Crippen molar-refractivity contribution in [2.75, 3.05) is 0 Å². The lowest BCUT2D eigenvalue weighted by Crippen LogP contribution is -2.08. The van der Waals surface area contributed by atoms with Gasteiger partial charge in [-0.3, -0.25) is 0 Å². The summed E-state index contributed by atoms with van der Waals surface area (Å²) >= 11 is 0. The lowest BCUT2D eigenvalue weighted by Gasteiger charge is -2.14. The van der Waals surface area contributed by atoms with Crippen LogP contribution < -0.4 is 9.47 Å². The second-order valence-corrected chi connectivity index (χ2v) is 3.15. The van der Waals surface area contributed by atoms with Crippen LogP contribution in [0.5, 0.6) is 11.5 Å². The highest BCUT2D eigenvalue weighted by atomic mass is 19.3. The smallest absolute Gasteiger partial charge is 0.387 e. The molecule has 3 nitrogen and oxygen atoms in total. The minimum absolute atomic E-state index is 0.0125. The maximum absolute atomic E-state index is 12.1. The number of benzene rings is 1. The molecule has 98 valence electrons. The lowest BCUT2D eigenvalue weighted by molar-refractivity contribution is -0.0554. The number of halogens is 4. The minimum atomic E-state index is -3.08. The van der Waals surface area contributed by atoms with Gasteiger partial charge in [0.2, 0.25) is 0 Å². The van der Waals surface area contributed by atoms with Crippen LogP contribution in [0, 0.1) is 11.3 Å². The van der Waals surface area contributed by atoms with Gasteiger partial charge in [-0.05, 0) is 18.6 Å². The van der Waals surface area contributed by atoms with E-state index in [4.69, 9.17) is 5.26 Å². The Kier molecular flexibility index (Phi) is 5.24. The van der Waals surface area contributed by atoms with Gasteiger partial charge in [-0.15, -0.1) is 0 Å². The fourth-order valence-corrected chi connectivity index (χ4v) is 1.39. The molecule has 0 N–H and O–H groups in total. The van der Waals surface area contributed by atoms with E-state index >= 15 is 0 Å². The van der Waals surface area contributed by atoms with Gasteiger partial charge in [-0.1, -0.05) is 6.07 Å². The standard InChI is InChI=1S/C11H9F4NO2/c12-10(13)17-8-4-1-5-9(18-11(14)15)7(8)3-2-6-16/h1,4-5,10-11H,2-3H2. The van der Waals surface area contributed by atoms with Gasteiger partial charge >= 0.3 is 13.2 Å². The molecule has 18 heavy (non-hydrogen) atoms. The molecule has 0 radical (unpaired) electrons. The third-order valence-electron chi connectivity index (χ3n) is 2.01. The molecule has 0 amide bonds. The van der Waals surface area contributed by atoms with Gasteiger partial charge in [0.05, 0.1) is 6.07 Å². The maximum Gasteiger partial charge on any atom is 0.387 e. The SMILES string of the molecule is N#CCCc1c(OC(F)F)cccc1OC(F)F. The van der Waals surface area contributed by atoms with Crippen molar-refractivity contribution < 1.29 is 27.0 Å². The lowest BCUT2D eigenvalue weighted by atomic mass is 10.1. The van der Waals surface area contributed by atoms with Crippen LogP contribution in [-0.2, 0) is 6.42 Å². The number of rotatable bonds is 6. The van der Waals surface area contributed by atoms with E-state index in [1.165, 1.54) is 18.2 Å². The second-order valence-electron chi connectivity index (χ2n) is 3.15. The first-order chi connectivity index (χ1) is 8.54. The molecule has 0 bridgehead atoms. The topological polar surface area (TPSA) is 42.2 Å². The Balaban J connectivity index is 3.04. The Morgan fingerprint density at radius 3 is 1.94 bits per heavy atom. The zero-order valence-electron chi connectivity index (χ0n) is 9.08. The average Bonchev–Trinajstić information content (AvgIpc) is 2.26. The molecule has 0 heterocycles. The monoisotopic (exact) mass is 263 g/mol. The second kappa shape index (κ2) is 6.69. The summed E-state index contributed by atoms with van der Waals surface area (Å²) in [6.45, 7) is -6.15. The third kappa shape index (κ3) is 4.13. The zero-order valence-corrected chi connectivity index (χ0v) is 9.08. The number of hydrogen-bond donors (Lipinski definition) is 0. The fraction of sp³-hybridized carbons (Fsp3) is 0.364. The Bertz CT molecular complexity index is 403. The molecule has 0 aliphatic rings. The summed E-state index contributed by atoms with van der Waals surface area (Å²) in [5.41, 5.74) is 0.0275. The van der Waals surface area contributed by atoms with E-state index in [9.17, 15) is 17.6 Å². The molecule has 0 saturated carbocycles.